The SMILES string of the molecule is COCCCCNCc1ccc(F)c(C#N)c1. The van der Waals surface area contributed by atoms with Gasteiger partial charge in [0.25, 0.3) is 0 Å². The van der Waals surface area contributed by atoms with Crippen molar-refractivity contribution in [3.63, 3.8) is 0 Å². The van der Waals surface area contributed by atoms with E-state index in [0.717, 1.165) is 31.6 Å². The van der Waals surface area contributed by atoms with Crippen LogP contribution in [0.25, 0.3) is 0 Å². The molecule has 0 atom stereocenters. The quantitative estimate of drug-likeness (QED) is 0.738. The zero-order valence-electron chi connectivity index (χ0n) is 10.0. The second-order valence-corrected chi connectivity index (χ2v) is 3.80. The molecule has 0 aliphatic heterocycles. The van der Waals surface area contributed by atoms with Crippen molar-refractivity contribution in [1.29, 1.82) is 5.26 Å². The normalized spacial score (nSPS) is 10.2. The van der Waals surface area contributed by atoms with Gasteiger partial charge in [-0.3, -0.25) is 0 Å². The third-order valence-electron chi connectivity index (χ3n) is 2.43. The molecule has 0 spiro atoms. The van der Waals surface area contributed by atoms with E-state index in [1.54, 1.807) is 19.2 Å². The van der Waals surface area contributed by atoms with Gasteiger partial charge >= 0.3 is 0 Å². The Morgan fingerprint density at radius 1 is 1.41 bits per heavy atom. The highest BCUT2D eigenvalue weighted by Crippen LogP contribution is 2.09. The molecular formula is C13H17FN2O. The maximum absolute atomic E-state index is 13.0. The maximum Gasteiger partial charge on any atom is 0.140 e. The molecule has 1 N–H and O–H groups in total. The number of ether oxygens (including phenoxy) is 1. The fourth-order valence-electron chi connectivity index (χ4n) is 1.50. The van der Waals surface area contributed by atoms with Crippen molar-refractivity contribution in [1.82, 2.24) is 5.32 Å². The maximum atomic E-state index is 13.0. The summed E-state index contributed by atoms with van der Waals surface area (Å²) in [6, 6.07) is 6.44. The molecule has 0 unspecified atom stereocenters. The van der Waals surface area contributed by atoms with Crippen molar-refractivity contribution >= 4 is 0 Å². The summed E-state index contributed by atoms with van der Waals surface area (Å²) in [5.74, 6) is -0.462. The summed E-state index contributed by atoms with van der Waals surface area (Å²) in [7, 11) is 1.69. The second kappa shape index (κ2) is 7.77. The zero-order valence-corrected chi connectivity index (χ0v) is 10.0. The van der Waals surface area contributed by atoms with Crippen molar-refractivity contribution in [2.45, 2.75) is 19.4 Å². The lowest BCUT2D eigenvalue weighted by Crippen LogP contribution is -2.15. The number of nitrogens with zero attached hydrogens (tertiary/aromatic N) is 1. The van der Waals surface area contributed by atoms with Crippen LogP contribution in [0.3, 0.4) is 0 Å². The molecule has 1 aromatic rings. The van der Waals surface area contributed by atoms with E-state index in [2.05, 4.69) is 5.32 Å². The van der Waals surface area contributed by atoms with Gasteiger partial charge in [-0.2, -0.15) is 5.26 Å². The Balaban J connectivity index is 2.30. The lowest BCUT2D eigenvalue weighted by molar-refractivity contribution is 0.192. The highest BCUT2D eigenvalue weighted by molar-refractivity contribution is 5.34. The van der Waals surface area contributed by atoms with Gasteiger partial charge in [0.15, 0.2) is 0 Å². The van der Waals surface area contributed by atoms with Gasteiger partial charge in [0.1, 0.15) is 11.9 Å². The molecule has 0 bridgehead atoms. The van der Waals surface area contributed by atoms with E-state index >= 15 is 0 Å². The van der Waals surface area contributed by atoms with Gasteiger partial charge in [0, 0.05) is 20.3 Å². The summed E-state index contributed by atoms with van der Waals surface area (Å²) in [6.07, 6.45) is 2.07. The molecule has 0 aliphatic rings. The number of nitriles is 1. The summed E-state index contributed by atoms with van der Waals surface area (Å²) in [5, 5.41) is 11.9. The number of rotatable bonds is 7. The summed E-state index contributed by atoms with van der Waals surface area (Å²) in [6.45, 7) is 2.32. The Hall–Kier alpha value is -1.44. The fourth-order valence-corrected chi connectivity index (χ4v) is 1.50. The third-order valence-corrected chi connectivity index (χ3v) is 2.43. The number of halogens is 1. The minimum absolute atomic E-state index is 0.101. The number of nitrogens with one attached hydrogen (secondary N) is 1. The summed E-state index contributed by atoms with van der Waals surface area (Å²) in [4.78, 5) is 0. The first-order chi connectivity index (χ1) is 8.27. The first-order valence-electron chi connectivity index (χ1n) is 5.66. The number of benzene rings is 1. The van der Waals surface area contributed by atoms with Crippen molar-refractivity contribution in [2.75, 3.05) is 20.3 Å². The van der Waals surface area contributed by atoms with Gasteiger partial charge in [0.05, 0.1) is 5.56 Å². The molecule has 1 rings (SSSR count). The summed E-state index contributed by atoms with van der Waals surface area (Å²) in [5.41, 5.74) is 1.03. The number of methoxy groups -OCH3 is 1. The van der Waals surface area contributed by atoms with Crippen LogP contribution in [0.2, 0.25) is 0 Å². The molecule has 17 heavy (non-hydrogen) atoms. The standard InChI is InChI=1S/C13H17FN2O/c1-17-7-3-2-6-16-10-11-4-5-13(14)12(8-11)9-15/h4-5,8,16H,2-3,6-7,10H2,1H3. The van der Waals surface area contributed by atoms with Crippen LogP contribution in [0.4, 0.5) is 4.39 Å². The zero-order chi connectivity index (χ0) is 12.5. The van der Waals surface area contributed by atoms with Gasteiger partial charge in [-0.05, 0) is 37.1 Å². The van der Waals surface area contributed by atoms with Gasteiger partial charge in [-0.1, -0.05) is 6.07 Å². The Bertz CT molecular complexity index is 387. The minimum Gasteiger partial charge on any atom is -0.385 e. The van der Waals surface area contributed by atoms with E-state index in [1.807, 2.05) is 6.07 Å². The predicted octanol–water partition coefficient (Wildman–Crippen LogP) is 2.21. The van der Waals surface area contributed by atoms with Gasteiger partial charge in [-0.25, -0.2) is 4.39 Å². The Labute approximate surface area is 101 Å². The monoisotopic (exact) mass is 236 g/mol. The molecule has 0 fully saturated rings. The lowest BCUT2D eigenvalue weighted by atomic mass is 10.1. The predicted molar refractivity (Wildman–Crippen MR) is 63.9 cm³/mol. The van der Waals surface area contributed by atoms with Crippen molar-refractivity contribution in [3.8, 4) is 6.07 Å². The second-order valence-electron chi connectivity index (χ2n) is 3.80. The van der Waals surface area contributed by atoms with E-state index < -0.39 is 5.82 Å². The number of hydrogen-bond donors (Lipinski definition) is 1. The molecule has 92 valence electrons. The third kappa shape index (κ3) is 4.94. The molecule has 1 aromatic carbocycles. The van der Waals surface area contributed by atoms with Crippen LogP contribution in [0.15, 0.2) is 18.2 Å². The van der Waals surface area contributed by atoms with Crippen molar-refractivity contribution < 1.29 is 9.13 Å². The van der Waals surface area contributed by atoms with Crippen molar-refractivity contribution in [2.24, 2.45) is 0 Å². The minimum atomic E-state index is -0.462. The van der Waals surface area contributed by atoms with E-state index in [0.29, 0.717) is 6.54 Å². The van der Waals surface area contributed by atoms with E-state index in [9.17, 15) is 4.39 Å². The first kappa shape index (κ1) is 13.6. The molecule has 0 amide bonds. The number of unbranched alkanes of at least 4 members (excludes halogenated alkanes) is 1. The van der Waals surface area contributed by atoms with E-state index in [4.69, 9.17) is 10.00 Å². The Kier molecular flexibility index (Phi) is 6.23. The van der Waals surface area contributed by atoms with Crippen LogP contribution in [0, 0.1) is 17.1 Å². The number of hydrogen-bond acceptors (Lipinski definition) is 3. The highest BCUT2D eigenvalue weighted by atomic mass is 19.1. The van der Waals surface area contributed by atoms with Crippen LogP contribution in [-0.4, -0.2) is 20.3 Å². The largest absolute Gasteiger partial charge is 0.385 e. The van der Waals surface area contributed by atoms with Crippen LogP contribution in [0.1, 0.15) is 24.0 Å². The van der Waals surface area contributed by atoms with Gasteiger partial charge in [-0.15, -0.1) is 0 Å². The smallest absolute Gasteiger partial charge is 0.140 e. The highest BCUT2D eigenvalue weighted by Gasteiger charge is 2.02. The molecule has 0 radical (unpaired) electrons. The van der Waals surface area contributed by atoms with Crippen LogP contribution in [-0.2, 0) is 11.3 Å². The summed E-state index contributed by atoms with van der Waals surface area (Å²) < 4.78 is 18.0. The molecule has 0 saturated carbocycles. The molecule has 0 aliphatic carbocycles. The first-order valence-corrected chi connectivity index (χ1v) is 5.66. The van der Waals surface area contributed by atoms with Crippen LogP contribution >= 0.6 is 0 Å². The van der Waals surface area contributed by atoms with E-state index in [-0.39, 0.29) is 5.56 Å². The average molecular weight is 236 g/mol. The summed E-state index contributed by atoms with van der Waals surface area (Å²) >= 11 is 0. The molecule has 4 heteroatoms. The van der Waals surface area contributed by atoms with E-state index in [1.165, 1.54) is 6.07 Å². The Morgan fingerprint density at radius 3 is 2.94 bits per heavy atom. The molecular weight excluding hydrogens is 219 g/mol. The topological polar surface area (TPSA) is 45.0 Å². The molecule has 0 aromatic heterocycles. The molecule has 3 nitrogen and oxygen atoms in total. The van der Waals surface area contributed by atoms with Gasteiger partial charge in [0.2, 0.25) is 0 Å². The van der Waals surface area contributed by atoms with Crippen molar-refractivity contribution in [3.05, 3.63) is 35.1 Å². The Morgan fingerprint density at radius 2 is 2.24 bits per heavy atom. The van der Waals surface area contributed by atoms with Crippen LogP contribution < -0.4 is 5.32 Å². The van der Waals surface area contributed by atoms with Gasteiger partial charge < -0.3 is 10.1 Å². The van der Waals surface area contributed by atoms with Crippen LogP contribution in [0.5, 0.6) is 0 Å². The lowest BCUT2D eigenvalue weighted by Gasteiger charge is -2.05. The molecule has 0 saturated heterocycles. The average Bonchev–Trinajstić information content (AvgIpc) is 2.35. The molecule has 0 heterocycles. The fraction of sp³-hybridized carbons (Fsp3) is 0.462.